The van der Waals surface area contributed by atoms with Gasteiger partial charge in [0.25, 0.3) is 0 Å². The second-order valence-electron chi connectivity index (χ2n) is 5.67. The number of thiophene rings is 1. The van der Waals surface area contributed by atoms with E-state index in [1.165, 1.54) is 41.5 Å². The third-order valence-corrected chi connectivity index (χ3v) is 6.49. The lowest BCUT2D eigenvalue weighted by Gasteiger charge is -2.48. The van der Waals surface area contributed by atoms with Crippen molar-refractivity contribution in [2.75, 3.05) is 14.1 Å². The number of halogens is 1. The van der Waals surface area contributed by atoms with E-state index in [1.807, 2.05) is 0 Å². The fourth-order valence-corrected chi connectivity index (χ4v) is 4.89. The summed E-state index contributed by atoms with van der Waals surface area (Å²) < 4.78 is 1.21. The van der Waals surface area contributed by atoms with E-state index in [2.05, 4.69) is 51.8 Å². The molecule has 0 aliphatic heterocycles. The van der Waals surface area contributed by atoms with Gasteiger partial charge in [-0.3, -0.25) is 11.3 Å². The van der Waals surface area contributed by atoms with Crippen LogP contribution in [0.2, 0.25) is 0 Å². The first-order chi connectivity index (χ1) is 9.10. The molecule has 0 bridgehead atoms. The molecule has 0 spiro atoms. The second kappa shape index (κ2) is 6.68. The average molecular weight is 346 g/mol. The number of rotatable bonds is 5. The summed E-state index contributed by atoms with van der Waals surface area (Å²) in [6.45, 7) is 0. The third-order valence-electron chi connectivity index (χ3n) is 4.54. The quantitative estimate of drug-likeness (QED) is 0.636. The maximum absolute atomic E-state index is 5.91. The molecule has 108 valence electrons. The fourth-order valence-electron chi connectivity index (χ4n) is 3.33. The standard InChI is InChI=1S/C14H24BrN3S/c1-18(2)14(7-4-3-5-8-14)13(17-16)10-12-11(15)6-9-19-12/h6,9,13,17H,3-5,7-8,10,16H2,1-2H3. The molecule has 1 aliphatic carbocycles. The summed E-state index contributed by atoms with van der Waals surface area (Å²) in [6, 6.07) is 2.43. The number of hydrazine groups is 1. The Hall–Kier alpha value is 0.0600. The summed E-state index contributed by atoms with van der Waals surface area (Å²) >= 11 is 5.44. The van der Waals surface area contributed by atoms with Crippen molar-refractivity contribution in [3.05, 3.63) is 20.8 Å². The van der Waals surface area contributed by atoms with Crippen molar-refractivity contribution >= 4 is 27.3 Å². The molecular weight excluding hydrogens is 322 g/mol. The zero-order valence-electron chi connectivity index (χ0n) is 11.8. The van der Waals surface area contributed by atoms with E-state index in [9.17, 15) is 0 Å². The molecule has 5 heteroatoms. The van der Waals surface area contributed by atoms with E-state index in [0.717, 1.165) is 6.42 Å². The smallest absolute Gasteiger partial charge is 0.0443 e. The zero-order valence-corrected chi connectivity index (χ0v) is 14.2. The zero-order chi connectivity index (χ0) is 13.9. The molecule has 1 fully saturated rings. The highest BCUT2D eigenvalue weighted by Crippen LogP contribution is 2.37. The van der Waals surface area contributed by atoms with E-state index in [-0.39, 0.29) is 5.54 Å². The van der Waals surface area contributed by atoms with E-state index >= 15 is 0 Å². The number of nitrogens with two attached hydrogens (primary N) is 1. The van der Waals surface area contributed by atoms with Gasteiger partial charge >= 0.3 is 0 Å². The first-order valence-electron chi connectivity index (χ1n) is 6.95. The van der Waals surface area contributed by atoms with E-state index < -0.39 is 0 Å². The molecule has 1 aromatic heterocycles. The van der Waals surface area contributed by atoms with Gasteiger partial charge in [0, 0.05) is 27.4 Å². The van der Waals surface area contributed by atoms with Crippen molar-refractivity contribution in [1.29, 1.82) is 0 Å². The maximum atomic E-state index is 5.91. The summed E-state index contributed by atoms with van der Waals surface area (Å²) in [5.41, 5.74) is 3.29. The Balaban J connectivity index is 2.20. The van der Waals surface area contributed by atoms with Crippen LogP contribution in [0.15, 0.2) is 15.9 Å². The highest BCUT2D eigenvalue weighted by Gasteiger charge is 2.41. The van der Waals surface area contributed by atoms with Crippen molar-refractivity contribution in [3.8, 4) is 0 Å². The van der Waals surface area contributed by atoms with E-state index in [1.54, 1.807) is 11.3 Å². The lowest BCUT2D eigenvalue weighted by atomic mass is 9.74. The molecule has 1 aliphatic rings. The molecule has 3 N–H and O–H groups in total. The SMILES string of the molecule is CN(C)C1(C(Cc2sccc2Br)NN)CCCCC1. The Morgan fingerprint density at radius 1 is 1.42 bits per heavy atom. The normalized spacial score (nSPS) is 20.7. The Morgan fingerprint density at radius 2 is 2.11 bits per heavy atom. The van der Waals surface area contributed by atoms with Crippen molar-refractivity contribution < 1.29 is 0 Å². The lowest BCUT2D eigenvalue weighted by Crippen LogP contribution is -2.62. The van der Waals surface area contributed by atoms with Crippen LogP contribution in [-0.2, 0) is 6.42 Å². The summed E-state index contributed by atoms with van der Waals surface area (Å²) in [7, 11) is 4.39. The Bertz CT molecular complexity index is 399. The molecule has 1 saturated carbocycles. The van der Waals surface area contributed by atoms with Gasteiger partial charge < -0.3 is 4.90 Å². The van der Waals surface area contributed by atoms with Crippen LogP contribution >= 0.6 is 27.3 Å². The van der Waals surface area contributed by atoms with Crippen LogP contribution < -0.4 is 11.3 Å². The second-order valence-corrected chi connectivity index (χ2v) is 7.53. The van der Waals surface area contributed by atoms with Gasteiger partial charge in [-0.1, -0.05) is 19.3 Å². The Kier molecular flexibility index (Phi) is 5.43. The van der Waals surface area contributed by atoms with Crippen LogP contribution in [-0.4, -0.2) is 30.6 Å². The summed E-state index contributed by atoms with van der Waals surface area (Å²) in [4.78, 5) is 3.77. The molecule has 1 unspecified atom stereocenters. The predicted octanol–water partition coefficient (Wildman–Crippen LogP) is 3.15. The lowest BCUT2D eigenvalue weighted by molar-refractivity contribution is 0.0571. The molecule has 1 heterocycles. The number of hydrogen-bond donors (Lipinski definition) is 2. The summed E-state index contributed by atoms with van der Waals surface area (Å²) in [5, 5.41) is 2.14. The van der Waals surface area contributed by atoms with Gasteiger partial charge in [0.05, 0.1) is 0 Å². The molecule has 0 radical (unpaired) electrons. The first-order valence-corrected chi connectivity index (χ1v) is 8.63. The van der Waals surface area contributed by atoms with Gasteiger partial charge in [-0.2, -0.15) is 0 Å². The van der Waals surface area contributed by atoms with Crippen LogP contribution in [0.3, 0.4) is 0 Å². The molecule has 3 nitrogen and oxygen atoms in total. The van der Waals surface area contributed by atoms with Crippen LogP contribution in [0, 0.1) is 0 Å². The van der Waals surface area contributed by atoms with Gasteiger partial charge in [-0.25, -0.2) is 0 Å². The van der Waals surface area contributed by atoms with E-state index in [0.29, 0.717) is 6.04 Å². The first kappa shape index (κ1) is 15.4. The van der Waals surface area contributed by atoms with Crippen LogP contribution in [0.1, 0.15) is 37.0 Å². The van der Waals surface area contributed by atoms with E-state index in [4.69, 9.17) is 5.84 Å². The third kappa shape index (κ3) is 3.22. The molecule has 2 rings (SSSR count). The van der Waals surface area contributed by atoms with Gasteiger partial charge in [0.15, 0.2) is 0 Å². The van der Waals surface area contributed by atoms with Crippen molar-refractivity contribution in [3.63, 3.8) is 0 Å². The minimum atomic E-state index is 0.191. The summed E-state index contributed by atoms with van der Waals surface area (Å²) in [5.74, 6) is 5.91. The molecule has 1 aromatic rings. The molecular formula is C14H24BrN3S. The topological polar surface area (TPSA) is 41.3 Å². The molecule has 0 amide bonds. The largest absolute Gasteiger partial charge is 0.302 e. The maximum Gasteiger partial charge on any atom is 0.0443 e. The van der Waals surface area contributed by atoms with Gasteiger partial charge in [0.1, 0.15) is 0 Å². The Morgan fingerprint density at radius 3 is 2.58 bits per heavy atom. The fraction of sp³-hybridized carbons (Fsp3) is 0.714. The minimum Gasteiger partial charge on any atom is -0.302 e. The number of likely N-dealkylation sites (N-methyl/N-ethyl adjacent to an activating group) is 1. The van der Waals surface area contributed by atoms with Crippen LogP contribution in [0.5, 0.6) is 0 Å². The van der Waals surface area contributed by atoms with Crippen molar-refractivity contribution in [2.24, 2.45) is 5.84 Å². The van der Waals surface area contributed by atoms with Gasteiger partial charge in [-0.15, -0.1) is 11.3 Å². The number of nitrogens with zero attached hydrogens (tertiary/aromatic N) is 1. The highest BCUT2D eigenvalue weighted by atomic mass is 79.9. The Labute approximate surface area is 128 Å². The monoisotopic (exact) mass is 345 g/mol. The molecule has 0 aromatic carbocycles. The molecule has 0 saturated heterocycles. The van der Waals surface area contributed by atoms with Crippen LogP contribution in [0.4, 0.5) is 0 Å². The van der Waals surface area contributed by atoms with Gasteiger partial charge in [0.2, 0.25) is 0 Å². The summed E-state index contributed by atoms with van der Waals surface area (Å²) in [6.07, 6.45) is 7.43. The van der Waals surface area contributed by atoms with Crippen molar-refractivity contribution in [1.82, 2.24) is 10.3 Å². The predicted molar refractivity (Wildman–Crippen MR) is 86.3 cm³/mol. The van der Waals surface area contributed by atoms with Crippen LogP contribution in [0.25, 0.3) is 0 Å². The number of nitrogens with one attached hydrogen (secondary N) is 1. The van der Waals surface area contributed by atoms with Crippen molar-refractivity contribution in [2.45, 2.75) is 50.1 Å². The molecule has 19 heavy (non-hydrogen) atoms. The number of hydrogen-bond acceptors (Lipinski definition) is 4. The van der Waals surface area contributed by atoms with Gasteiger partial charge in [-0.05, 0) is 54.3 Å². The average Bonchev–Trinajstić information content (AvgIpc) is 2.82. The minimum absolute atomic E-state index is 0.191. The molecule has 1 atom stereocenters. The highest BCUT2D eigenvalue weighted by molar-refractivity contribution is 9.10.